The molecule has 3 nitrogen and oxygen atoms in total. The Balaban J connectivity index is 2.44. The lowest BCUT2D eigenvalue weighted by atomic mass is 10.1. The summed E-state index contributed by atoms with van der Waals surface area (Å²) < 4.78 is 2.01. The molecule has 0 atom stereocenters. The summed E-state index contributed by atoms with van der Waals surface area (Å²) in [7, 11) is 1.99. The van der Waals surface area contributed by atoms with E-state index in [2.05, 4.69) is 36.2 Å². The van der Waals surface area contributed by atoms with Gasteiger partial charge in [0.1, 0.15) is 5.82 Å². The third-order valence-electron chi connectivity index (χ3n) is 2.45. The molecule has 0 unspecified atom stereocenters. The first kappa shape index (κ1) is 9.93. The highest BCUT2D eigenvalue weighted by Gasteiger charge is 2.05. The number of nitrogens with zero attached hydrogens (tertiary/aromatic N) is 2. The summed E-state index contributed by atoms with van der Waals surface area (Å²) >= 11 is 0. The van der Waals surface area contributed by atoms with Gasteiger partial charge >= 0.3 is 0 Å². The first-order chi connectivity index (χ1) is 7.20. The van der Waals surface area contributed by atoms with Crippen LogP contribution in [0.25, 0.3) is 11.4 Å². The monoisotopic (exact) mass is 201 g/mol. The van der Waals surface area contributed by atoms with Crippen LogP contribution >= 0.6 is 0 Å². The van der Waals surface area contributed by atoms with Crippen LogP contribution in [0.3, 0.4) is 0 Å². The average molecular weight is 201 g/mol. The highest BCUT2D eigenvalue weighted by molar-refractivity contribution is 5.56. The molecular weight excluding hydrogens is 186 g/mol. The Kier molecular flexibility index (Phi) is 2.56. The molecule has 0 amide bonds. The van der Waals surface area contributed by atoms with Gasteiger partial charge in [-0.25, -0.2) is 4.98 Å². The van der Waals surface area contributed by atoms with Gasteiger partial charge in [0.2, 0.25) is 0 Å². The molecule has 0 saturated heterocycles. The highest BCUT2D eigenvalue weighted by Crippen LogP contribution is 2.18. The van der Waals surface area contributed by atoms with Crippen molar-refractivity contribution in [3.8, 4) is 11.4 Å². The van der Waals surface area contributed by atoms with Crippen LogP contribution in [0.5, 0.6) is 0 Å². The van der Waals surface area contributed by atoms with E-state index in [1.165, 1.54) is 5.56 Å². The summed E-state index contributed by atoms with van der Waals surface area (Å²) in [6, 6.07) is 8.34. The zero-order valence-corrected chi connectivity index (χ0v) is 9.07. The number of rotatable bonds is 2. The van der Waals surface area contributed by atoms with Crippen molar-refractivity contribution in [2.24, 2.45) is 12.8 Å². The van der Waals surface area contributed by atoms with Crippen LogP contribution in [0.15, 0.2) is 30.5 Å². The number of nitrogens with two attached hydrogens (primary N) is 1. The minimum absolute atomic E-state index is 0.486. The summed E-state index contributed by atoms with van der Waals surface area (Å²) in [5.74, 6) is 0.968. The van der Waals surface area contributed by atoms with Crippen molar-refractivity contribution in [1.29, 1.82) is 0 Å². The number of benzene rings is 1. The fourth-order valence-corrected chi connectivity index (χ4v) is 1.60. The molecule has 15 heavy (non-hydrogen) atoms. The Morgan fingerprint density at radius 2 is 1.93 bits per heavy atom. The number of hydrogen-bond donors (Lipinski definition) is 1. The topological polar surface area (TPSA) is 43.8 Å². The fraction of sp³-hybridized carbons (Fsp3) is 0.250. The summed E-state index contributed by atoms with van der Waals surface area (Å²) in [6.45, 7) is 2.56. The summed E-state index contributed by atoms with van der Waals surface area (Å²) in [4.78, 5) is 4.47. The van der Waals surface area contributed by atoms with Crippen LogP contribution in [0, 0.1) is 6.92 Å². The average Bonchev–Trinajstić information content (AvgIpc) is 2.61. The molecule has 1 aromatic carbocycles. The van der Waals surface area contributed by atoms with Crippen LogP contribution in [-0.4, -0.2) is 9.55 Å². The van der Waals surface area contributed by atoms with Crippen LogP contribution < -0.4 is 5.73 Å². The maximum Gasteiger partial charge on any atom is 0.140 e. The van der Waals surface area contributed by atoms with Gasteiger partial charge in [-0.05, 0) is 6.92 Å². The molecule has 78 valence electrons. The summed E-state index contributed by atoms with van der Waals surface area (Å²) in [5.41, 5.74) is 8.87. The van der Waals surface area contributed by atoms with Crippen molar-refractivity contribution in [3.63, 3.8) is 0 Å². The Hall–Kier alpha value is -1.61. The van der Waals surface area contributed by atoms with E-state index in [1.807, 2.05) is 17.8 Å². The molecule has 0 spiro atoms. The quantitative estimate of drug-likeness (QED) is 0.806. The lowest BCUT2D eigenvalue weighted by Gasteiger charge is -2.01. The molecule has 0 saturated carbocycles. The largest absolute Gasteiger partial charge is 0.334 e. The Bertz CT molecular complexity index is 454. The van der Waals surface area contributed by atoms with Gasteiger partial charge in [0.05, 0.1) is 5.69 Å². The molecule has 3 heteroatoms. The van der Waals surface area contributed by atoms with Crippen LogP contribution in [0.4, 0.5) is 0 Å². The van der Waals surface area contributed by atoms with Crippen molar-refractivity contribution in [2.45, 2.75) is 13.5 Å². The normalized spacial score (nSPS) is 10.6. The fourth-order valence-electron chi connectivity index (χ4n) is 1.60. The van der Waals surface area contributed by atoms with Crippen molar-refractivity contribution in [2.75, 3.05) is 0 Å². The maximum atomic E-state index is 5.56. The van der Waals surface area contributed by atoms with Gasteiger partial charge in [-0.3, -0.25) is 0 Å². The summed E-state index contributed by atoms with van der Waals surface area (Å²) in [6.07, 6.45) is 1.97. The molecule has 1 heterocycles. The zero-order valence-electron chi connectivity index (χ0n) is 9.07. The molecule has 0 aliphatic carbocycles. The van der Waals surface area contributed by atoms with E-state index < -0.39 is 0 Å². The number of aromatic nitrogens is 2. The molecule has 2 N–H and O–H groups in total. The predicted octanol–water partition coefficient (Wildman–Crippen LogP) is 1.85. The Morgan fingerprint density at radius 3 is 2.47 bits per heavy atom. The number of aryl methyl sites for hydroxylation is 2. The van der Waals surface area contributed by atoms with E-state index in [0.29, 0.717) is 6.54 Å². The molecule has 1 aromatic heterocycles. The SMILES string of the molecule is Cc1ccc(-c2nc(CN)cn2C)cc1. The second kappa shape index (κ2) is 3.87. The van der Waals surface area contributed by atoms with Gasteiger partial charge in [-0.15, -0.1) is 0 Å². The second-order valence-corrected chi connectivity index (χ2v) is 3.74. The Morgan fingerprint density at radius 1 is 1.27 bits per heavy atom. The van der Waals surface area contributed by atoms with Gasteiger partial charge in [0.15, 0.2) is 0 Å². The summed E-state index contributed by atoms with van der Waals surface area (Å²) in [5, 5.41) is 0. The molecule has 0 aliphatic heterocycles. The highest BCUT2D eigenvalue weighted by atomic mass is 15.0. The maximum absolute atomic E-state index is 5.56. The van der Waals surface area contributed by atoms with Gasteiger partial charge in [0.25, 0.3) is 0 Å². The molecule has 2 rings (SSSR count). The first-order valence-electron chi connectivity index (χ1n) is 5.00. The second-order valence-electron chi connectivity index (χ2n) is 3.74. The standard InChI is InChI=1S/C12H15N3/c1-9-3-5-10(6-4-9)12-14-11(7-13)8-15(12)2/h3-6,8H,7,13H2,1-2H3. The molecule has 0 aliphatic rings. The minimum atomic E-state index is 0.486. The van der Waals surface area contributed by atoms with Crippen LogP contribution in [0.1, 0.15) is 11.3 Å². The van der Waals surface area contributed by atoms with Crippen molar-refractivity contribution in [1.82, 2.24) is 9.55 Å². The minimum Gasteiger partial charge on any atom is -0.334 e. The smallest absolute Gasteiger partial charge is 0.140 e. The predicted molar refractivity (Wildman–Crippen MR) is 61.3 cm³/mol. The molecular formula is C12H15N3. The van der Waals surface area contributed by atoms with E-state index in [4.69, 9.17) is 5.73 Å². The molecule has 0 bridgehead atoms. The van der Waals surface area contributed by atoms with Crippen LogP contribution in [-0.2, 0) is 13.6 Å². The number of imidazole rings is 1. The number of hydrogen-bond acceptors (Lipinski definition) is 2. The van der Waals surface area contributed by atoms with Crippen molar-refractivity contribution < 1.29 is 0 Å². The van der Waals surface area contributed by atoms with E-state index >= 15 is 0 Å². The van der Waals surface area contributed by atoms with E-state index in [1.54, 1.807) is 0 Å². The van der Waals surface area contributed by atoms with Gasteiger partial charge in [0, 0.05) is 25.4 Å². The van der Waals surface area contributed by atoms with Gasteiger partial charge < -0.3 is 10.3 Å². The molecule has 0 radical (unpaired) electrons. The van der Waals surface area contributed by atoms with E-state index in [0.717, 1.165) is 17.1 Å². The van der Waals surface area contributed by atoms with Crippen molar-refractivity contribution >= 4 is 0 Å². The van der Waals surface area contributed by atoms with Crippen LogP contribution in [0.2, 0.25) is 0 Å². The lowest BCUT2D eigenvalue weighted by Crippen LogP contribution is -1.95. The van der Waals surface area contributed by atoms with Gasteiger partial charge in [-0.1, -0.05) is 29.8 Å². The van der Waals surface area contributed by atoms with Gasteiger partial charge in [-0.2, -0.15) is 0 Å². The first-order valence-corrected chi connectivity index (χ1v) is 5.00. The third-order valence-corrected chi connectivity index (χ3v) is 2.45. The molecule has 0 fully saturated rings. The third kappa shape index (κ3) is 1.92. The Labute approximate surface area is 89.6 Å². The van der Waals surface area contributed by atoms with E-state index in [9.17, 15) is 0 Å². The van der Waals surface area contributed by atoms with Crippen molar-refractivity contribution in [3.05, 3.63) is 41.7 Å². The lowest BCUT2D eigenvalue weighted by molar-refractivity contribution is 0.921. The zero-order chi connectivity index (χ0) is 10.8. The van der Waals surface area contributed by atoms with E-state index in [-0.39, 0.29) is 0 Å². The molecule has 2 aromatic rings.